The van der Waals surface area contributed by atoms with Gasteiger partial charge in [-0.25, -0.2) is 4.98 Å². The third-order valence-electron chi connectivity index (χ3n) is 2.59. The summed E-state index contributed by atoms with van der Waals surface area (Å²) in [7, 11) is 0. The van der Waals surface area contributed by atoms with Crippen molar-refractivity contribution in [3.63, 3.8) is 0 Å². The van der Waals surface area contributed by atoms with E-state index in [4.69, 9.17) is 5.73 Å². The van der Waals surface area contributed by atoms with Crippen molar-refractivity contribution in [3.8, 4) is 11.3 Å². The number of nitrogen functional groups attached to an aromatic ring is 1. The Hall–Kier alpha value is -1.35. The molecule has 0 unspecified atom stereocenters. The molecular formula is C13H16N2S. The molecule has 2 rings (SSSR count). The number of rotatable bonds is 3. The summed E-state index contributed by atoms with van der Waals surface area (Å²) in [6, 6.07) is 6.13. The molecule has 0 saturated heterocycles. The summed E-state index contributed by atoms with van der Waals surface area (Å²) in [6.07, 6.45) is 2.20. The van der Waals surface area contributed by atoms with Crippen molar-refractivity contribution in [2.75, 3.05) is 5.73 Å². The third kappa shape index (κ3) is 2.25. The average Bonchev–Trinajstić information content (AvgIpc) is 2.71. The zero-order valence-corrected chi connectivity index (χ0v) is 10.5. The van der Waals surface area contributed by atoms with Crippen LogP contribution in [0.5, 0.6) is 0 Å². The van der Waals surface area contributed by atoms with Crippen molar-refractivity contribution in [2.24, 2.45) is 0 Å². The van der Waals surface area contributed by atoms with Gasteiger partial charge in [0.25, 0.3) is 0 Å². The number of nitrogens with zero attached hydrogens (tertiary/aromatic N) is 1. The summed E-state index contributed by atoms with van der Waals surface area (Å²) in [5, 5.41) is 3.31. The summed E-state index contributed by atoms with van der Waals surface area (Å²) >= 11 is 1.73. The highest BCUT2D eigenvalue weighted by Crippen LogP contribution is 2.25. The molecule has 0 fully saturated rings. The topological polar surface area (TPSA) is 38.9 Å². The van der Waals surface area contributed by atoms with Crippen molar-refractivity contribution >= 4 is 17.0 Å². The SMILES string of the molecule is CCCc1nc(-c2ccc(C)c(N)c2)cs1. The van der Waals surface area contributed by atoms with Crippen LogP contribution in [0.15, 0.2) is 23.6 Å². The number of hydrogen-bond donors (Lipinski definition) is 1. The number of aryl methyl sites for hydroxylation is 2. The van der Waals surface area contributed by atoms with Crippen molar-refractivity contribution in [2.45, 2.75) is 26.7 Å². The van der Waals surface area contributed by atoms with Gasteiger partial charge >= 0.3 is 0 Å². The van der Waals surface area contributed by atoms with Crippen LogP contribution < -0.4 is 5.73 Å². The fraction of sp³-hybridized carbons (Fsp3) is 0.308. The van der Waals surface area contributed by atoms with Gasteiger partial charge in [0.05, 0.1) is 10.7 Å². The minimum Gasteiger partial charge on any atom is -0.398 e. The first-order chi connectivity index (χ1) is 7.70. The van der Waals surface area contributed by atoms with Crippen molar-refractivity contribution in [3.05, 3.63) is 34.2 Å². The number of benzene rings is 1. The normalized spacial score (nSPS) is 10.6. The summed E-state index contributed by atoms with van der Waals surface area (Å²) in [6.45, 7) is 4.19. The first-order valence-corrected chi connectivity index (χ1v) is 6.39. The lowest BCUT2D eigenvalue weighted by Crippen LogP contribution is -1.90. The van der Waals surface area contributed by atoms with Crippen LogP contribution in [0.25, 0.3) is 11.3 Å². The summed E-state index contributed by atoms with van der Waals surface area (Å²) < 4.78 is 0. The second kappa shape index (κ2) is 4.66. The van der Waals surface area contributed by atoms with E-state index in [2.05, 4.69) is 23.4 Å². The fourth-order valence-corrected chi connectivity index (χ4v) is 2.48. The van der Waals surface area contributed by atoms with E-state index in [1.807, 2.05) is 19.1 Å². The Morgan fingerprint density at radius 3 is 2.88 bits per heavy atom. The van der Waals surface area contributed by atoms with Crippen LogP contribution in [-0.2, 0) is 6.42 Å². The molecule has 0 aliphatic rings. The fourth-order valence-electron chi connectivity index (χ4n) is 1.57. The molecule has 84 valence electrons. The Kier molecular flexibility index (Phi) is 3.25. The van der Waals surface area contributed by atoms with E-state index in [0.29, 0.717) is 0 Å². The second-order valence-corrected chi connectivity index (χ2v) is 4.89. The molecule has 2 nitrogen and oxygen atoms in total. The van der Waals surface area contributed by atoms with Gasteiger partial charge in [0.2, 0.25) is 0 Å². The van der Waals surface area contributed by atoms with Gasteiger partial charge in [-0.3, -0.25) is 0 Å². The number of hydrogen-bond acceptors (Lipinski definition) is 3. The number of anilines is 1. The van der Waals surface area contributed by atoms with Crippen LogP contribution >= 0.6 is 11.3 Å². The van der Waals surface area contributed by atoms with E-state index in [1.54, 1.807) is 11.3 Å². The zero-order valence-electron chi connectivity index (χ0n) is 9.66. The lowest BCUT2D eigenvalue weighted by Gasteiger charge is -2.02. The largest absolute Gasteiger partial charge is 0.398 e. The minimum atomic E-state index is 0.836. The predicted molar refractivity (Wildman–Crippen MR) is 70.7 cm³/mol. The Labute approximate surface area is 100 Å². The van der Waals surface area contributed by atoms with E-state index in [-0.39, 0.29) is 0 Å². The maximum atomic E-state index is 5.90. The molecule has 2 N–H and O–H groups in total. The van der Waals surface area contributed by atoms with Gasteiger partial charge in [-0.2, -0.15) is 0 Å². The summed E-state index contributed by atoms with van der Waals surface area (Å²) in [5.74, 6) is 0. The average molecular weight is 232 g/mol. The van der Waals surface area contributed by atoms with Crippen LogP contribution in [0.2, 0.25) is 0 Å². The van der Waals surface area contributed by atoms with E-state index in [1.165, 1.54) is 5.01 Å². The molecule has 0 aliphatic carbocycles. The van der Waals surface area contributed by atoms with E-state index in [0.717, 1.165) is 35.3 Å². The first-order valence-electron chi connectivity index (χ1n) is 5.51. The zero-order chi connectivity index (χ0) is 11.5. The molecule has 0 bridgehead atoms. The van der Waals surface area contributed by atoms with Gasteiger partial charge in [-0.15, -0.1) is 11.3 Å². The van der Waals surface area contributed by atoms with E-state index < -0.39 is 0 Å². The summed E-state index contributed by atoms with van der Waals surface area (Å²) in [5.41, 5.74) is 10.0. The van der Waals surface area contributed by atoms with E-state index >= 15 is 0 Å². The predicted octanol–water partition coefficient (Wildman–Crippen LogP) is 3.65. The number of thiazole rings is 1. The second-order valence-electron chi connectivity index (χ2n) is 3.95. The number of nitrogens with two attached hydrogens (primary N) is 1. The lowest BCUT2D eigenvalue weighted by molar-refractivity contribution is 0.910. The van der Waals surface area contributed by atoms with Gasteiger partial charge in [0.15, 0.2) is 0 Å². The molecule has 0 atom stereocenters. The van der Waals surface area contributed by atoms with Crippen LogP contribution in [-0.4, -0.2) is 4.98 Å². The van der Waals surface area contributed by atoms with Crippen molar-refractivity contribution in [1.82, 2.24) is 4.98 Å². The molecule has 0 radical (unpaired) electrons. The molecule has 0 spiro atoms. The van der Waals surface area contributed by atoms with Crippen molar-refractivity contribution in [1.29, 1.82) is 0 Å². The quantitative estimate of drug-likeness (QED) is 0.820. The minimum absolute atomic E-state index is 0.836. The molecule has 0 amide bonds. The van der Waals surface area contributed by atoms with Crippen molar-refractivity contribution < 1.29 is 0 Å². The molecule has 0 saturated carbocycles. The molecule has 0 aliphatic heterocycles. The van der Waals surface area contributed by atoms with Gasteiger partial charge in [-0.05, 0) is 31.4 Å². The Bertz CT molecular complexity index is 488. The Morgan fingerprint density at radius 2 is 2.19 bits per heavy atom. The molecule has 1 heterocycles. The Balaban J connectivity index is 2.31. The molecular weight excluding hydrogens is 216 g/mol. The van der Waals surface area contributed by atoms with Crippen LogP contribution in [0.4, 0.5) is 5.69 Å². The standard InChI is InChI=1S/C13H16N2S/c1-3-4-13-15-12(8-16-13)10-6-5-9(2)11(14)7-10/h5-8H,3-4,14H2,1-2H3. The third-order valence-corrected chi connectivity index (χ3v) is 3.50. The molecule has 1 aromatic carbocycles. The van der Waals surface area contributed by atoms with Crippen LogP contribution in [0.1, 0.15) is 23.9 Å². The van der Waals surface area contributed by atoms with Crippen LogP contribution in [0.3, 0.4) is 0 Å². The lowest BCUT2D eigenvalue weighted by atomic mass is 10.1. The number of aromatic nitrogens is 1. The summed E-state index contributed by atoms with van der Waals surface area (Å²) in [4.78, 5) is 4.60. The van der Waals surface area contributed by atoms with Gasteiger partial charge in [0.1, 0.15) is 0 Å². The van der Waals surface area contributed by atoms with Gasteiger partial charge < -0.3 is 5.73 Å². The molecule has 3 heteroatoms. The highest BCUT2D eigenvalue weighted by molar-refractivity contribution is 7.09. The van der Waals surface area contributed by atoms with E-state index in [9.17, 15) is 0 Å². The molecule has 16 heavy (non-hydrogen) atoms. The van der Waals surface area contributed by atoms with Crippen LogP contribution in [0, 0.1) is 6.92 Å². The first kappa shape index (κ1) is 11.1. The molecule has 1 aromatic heterocycles. The van der Waals surface area contributed by atoms with Gasteiger partial charge in [0, 0.05) is 16.6 Å². The molecule has 2 aromatic rings. The maximum Gasteiger partial charge on any atom is 0.0932 e. The smallest absolute Gasteiger partial charge is 0.0932 e. The Morgan fingerprint density at radius 1 is 1.38 bits per heavy atom. The maximum absolute atomic E-state index is 5.90. The highest BCUT2D eigenvalue weighted by atomic mass is 32.1. The van der Waals surface area contributed by atoms with Gasteiger partial charge in [-0.1, -0.05) is 19.1 Å². The highest BCUT2D eigenvalue weighted by Gasteiger charge is 2.05. The monoisotopic (exact) mass is 232 g/mol.